The number of Topliss-reactive ketones (excluding diaryl/α,β-unsaturated/α-hetero) is 1. The lowest BCUT2D eigenvalue weighted by atomic mass is 10.1. The Hall–Kier alpha value is -1.06. The van der Waals surface area contributed by atoms with Gasteiger partial charge in [0.15, 0.2) is 5.78 Å². The molecule has 0 aromatic heterocycles. The molecule has 0 N–H and O–H groups in total. The van der Waals surface area contributed by atoms with E-state index in [4.69, 9.17) is 27.9 Å². The van der Waals surface area contributed by atoms with E-state index in [2.05, 4.69) is 0 Å². The number of halogens is 2. The Morgan fingerprint density at radius 1 is 1.25 bits per heavy atom. The van der Waals surface area contributed by atoms with Crippen LogP contribution in [0.2, 0.25) is 10.0 Å². The van der Waals surface area contributed by atoms with Gasteiger partial charge in [-0.1, -0.05) is 37.0 Å². The molecule has 5 heteroatoms. The maximum atomic E-state index is 12.2. The predicted octanol–water partition coefficient (Wildman–Crippen LogP) is 4.01. The first-order chi connectivity index (χ1) is 9.40. The largest absolute Gasteiger partial charge is 0.465 e. The van der Waals surface area contributed by atoms with Crippen molar-refractivity contribution in [1.82, 2.24) is 0 Å². The van der Waals surface area contributed by atoms with Crippen LogP contribution < -0.4 is 0 Å². The average molecular weight is 315 g/mol. The number of hydrogen-bond donors (Lipinski definition) is 0. The summed E-state index contributed by atoms with van der Waals surface area (Å²) in [6.07, 6.45) is 0.552. The van der Waals surface area contributed by atoms with Crippen molar-refractivity contribution in [3.63, 3.8) is 0 Å². The summed E-state index contributed by atoms with van der Waals surface area (Å²) in [5.74, 6) is -0.656. The molecule has 0 aliphatic heterocycles. The third-order valence-corrected chi connectivity index (χ3v) is 3.93. The Morgan fingerprint density at radius 2 is 1.95 bits per heavy atom. The predicted molar refractivity (Wildman–Crippen MR) is 78.2 cm³/mol. The first-order valence-corrected chi connectivity index (χ1v) is 7.31. The maximum Gasteiger partial charge on any atom is 0.309 e. The van der Waals surface area contributed by atoms with Crippen LogP contribution in [0, 0.1) is 17.8 Å². The molecule has 2 atom stereocenters. The van der Waals surface area contributed by atoms with Gasteiger partial charge in [0, 0.05) is 11.5 Å². The molecule has 1 fully saturated rings. The number of ketones is 1. The van der Waals surface area contributed by atoms with Gasteiger partial charge in [-0.3, -0.25) is 9.59 Å². The topological polar surface area (TPSA) is 43.4 Å². The van der Waals surface area contributed by atoms with E-state index in [-0.39, 0.29) is 23.6 Å². The maximum absolute atomic E-state index is 12.2. The molecule has 108 valence electrons. The van der Waals surface area contributed by atoms with Crippen molar-refractivity contribution in [1.29, 1.82) is 0 Å². The monoisotopic (exact) mass is 314 g/mol. The minimum absolute atomic E-state index is 0.0740. The first kappa shape index (κ1) is 15.3. The quantitative estimate of drug-likeness (QED) is 0.609. The lowest BCUT2D eigenvalue weighted by Crippen LogP contribution is -2.14. The van der Waals surface area contributed by atoms with Crippen molar-refractivity contribution >= 4 is 35.0 Å². The molecule has 3 nitrogen and oxygen atoms in total. The van der Waals surface area contributed by atoms with Crippen LogP contribution in [-0.2, 0) is 9.53 Å². The van der Waals surface area contributed by atoms with Gasteiger partial charge in [0.25, 0.3) is 0 Å². The smallest absolute Gasteiger partial charge is 0.309 e. The zero-order valence-electron chi connectivity index (χ0n) is 11.4. The van der Waals surface area contributed by atoms with Gasteiger partial charge in [-0.15, -0.1) is 0 Å². The van der Waals surface area contributed by atoms with Gasteiger partial charge in [-0.05, 0) is 30.5 Å². The van der Waals surface area contributed by atoms with Crippen molar-refractivity contribution in [2.75, 3.05) is 6.61 Å². The summed E-state index contributed by atoms with van der Waals surface area (Å²) in [4.78, 5) is 24.0. The summed E-state index contributed by atoms with van der Waals surface area (Å²) in [6, 6.07) is 4.76. The van der Waals surface area contributed by atoms with Crippen LogP contribution in [0.15, 0.2) is 18.2 Å². The number of ether oxygens (including phenoxy) is 1. The van der Waals surface area contributed by atoms with Gasteiger partial charge >= 0.3 is 5.97 Å². The third kappa shape index (κ3) is 3.53. The minimum atomic E-state index is -0.310. The molecular weight excluding hydrogens is 299 g/mol. The first-order valence-electron chi connectivity index (χ1n) is 6.56. The van der Waals surface area contributed by atoms with E-state index in [1.54, 1.807) is 18.2 Å². The fourth-order valence-corrected chi connectivity index (χ4v) is 2.26. The van der Waals surface area contributed by atoms with E-state index < -0.39 is 0 Å². The number of benzene rings is 1. The number of rotatable bonds is 5. The van der Waals surface area contributed by atoms with Crippen molar-refractivity contribution in [3.05, 3.63) is 33.8 Å². The van der Waals surface area contributed by atoms with E-state index in [0.717, 1.165) is 0 Å². The van der Waals surface area contributed by atoms with Gasteiger partial charge in [-0.2, -0.15) is 0 Å². The molecular formula is C15H16Cl2O3. The molecule has 0 radical (unpaired) electrons. The van der Waals surface area contributed by atoms with Crippen LogP contribution in [0.3, 0.4) is 0 Å². The normalized spacial score (nSPS) is 20.9. The van der Waals surface area contributed by atoms with Crippen LogP contribution in [0.5, 0.6) is 0 Å². The van der Waals surface area contributed by atoms with Crippen LogP contribution >= 0.6 is 23.2 Å². The molecule has 1 aliphatic carbocycles. The number of carbonyl (C=O) groups is 2. The van der Waals surface area contributed by atoms with Crippen LogP contribution in [-0.4, -0.2) is 18.4 Å². The second-order valence-corrected chi connectivity index (χ2v) is 6.28. The fraction of sp³-hybridized carbons (Fsp3) is 0.467. The summed E-state index contributed by atoms with van der Waals surface area (Å²) >= 11 is 11.7. The summed E-state index contributed by atoms with van der Waals surface area (Å²) in [5, 5.41) is 0.754. The Bertz CT molecular complexity index is 540. The lowest BCUT2D eigenvalue weighted by Gasteiger charge is -2.06. The molecule has 0 saturated heterocycles. The SMILES string of the molecule is CC(C)COC(=O)[C@H]1C[C@@H]1C(=O)c1ccc(Cl)c(Cl)c1. The van der Waals surface area contributed by atoms with Crippen molar-refractivity contribution < 1.29 is 14.3 Å². The second kappa shape index (κ2) is 6.15. The van der Waals surface area contributed by atoms with E-state index in [9.17, 15) is 9.59 Å². The van der Waals surface area contributed by atoms with Crippen LogP contribution in [0.1, 0.15) is 30.6 Å². The molecule has 2 rings (SSSR count). The lowest BCUT2D eigenvalue weighted by molar-refractivity contribution is -0.146. The van der Waals surface area contributed by atoms with E-state index in [0.29, 0.717) is 34.6 Å². The molecule has 0 spiro atoms. The highest BCUT2D eigenvalue weighted by atomic mass is 35.5. The van der Waals surface area contributed by atoms with E-state index >= 15 is 0 Å². The second-order valence-electron chi connectivity index (χ2n) is 5.47. The Kier molecular flexibility index (Phi) is 4.71. The van der Waals surface area contributed by atoms with Gasteiger partial charge in [-0.25, -0.2) is 0 Å². The zero-order valence-corrected chi connectivity index (χ0v) is 12.9. The van der Waals surface area contributed by atoms with Crippen molar-refractivity contribution in [2.24, 2.45) is 17.8 Å². The highest BCUT2D eigenvalue weighted by molar-refractivity contribution is 6.42. The fourth-order valence-electron chi connectivity index (χ4n) is 1.96. The third-order valence-electron chi connectivity index (χ3n) is 3.19. The number of carbonyl (C=O) groups excluding carboxylic acids is 2. The summed E-state index contributed by atoms with van der Waals surface area (Å²) < 4.78 is 5.15. The molecule has 20 heavy (non-hydrogen) atoms. The Labute approximate surface area is 128 Å². The standard InChI is InChI=1S/C15H16Cl2O3/c1-8(2)7-20-15(19)11-6-10(11)14(18)9-3-4-12(16)13(17)5-9/h3-5,8,10-11H,6-7H2,1-2H3/t10-,11-/m0/s1. The molecule has 1 aromatic rings. The summed E-state index contributed by atoms with van der Waals surface area (Å²) in [6.45, 7) is 4.33. The molecule has 1 saturated carbocycles. The molecule has 0 bridgehead atoms. The van der Waals surface area contributed by atoms with Gasteiger partial charge in [0.2, 0.25) is 0 Å². The van der Waals surface area contributed by atoms with Crippen LogP contribution in [0.4, 0.5) is 0 Å². The van der Waals surface area contributed by atoms with E-state index in [1.165, 1.54) is 0 Å². The van der Waals surface area contributed by atoms with Crippen molar-refractivity contribution in [3.8, 4) is 0 Å². The minimum Gasteiger partial charge on any atom is -0.465 e. The molecule has 0 unspecified atom stereocenters. The highest BCUT2D eigenvalue weighted by Gasteiger charge is 2.49. The Balaban J connectivity index is 1.95. The van der Waals surface area contributed by atoms with Crippen LogP contribution in [0.25, 0.3) is 0 Å². The van der Waals surface area contributed by atoms with Crippen molar-refractivity contribution in [2.45, 2.75) is 20.3 Å². The van der Waals surface area contributed by atoms with E-state index in [1.807, 2.05) is 13.8 Å². The molecule has 1 aliphatic rings. The molecule has 0 amide bonds. The summed E-state index contributed by atoms with van der Waals surface area (Å²) in [5.41, 5.74) is 0.489. The molecule has 0 heterocycles. The summed E-state index contributed by atoms with van der Waals surface area (Å²) in [7, 11) is 0. The zero-order chi connectivity index (χ0) is 14.9. The number of hydrogen-bond acceptors (Lipinski definition) is 3. The Morgan fingerprint density at radius 3 is 2.55 bits per heavy atom. The van der Waals surface area contributed by atoms with Gasteiger partial charge in [0.1, 0.15) is 0 Å². The molecule has 1 aromatic carbocycles. The van der Waals surface area contributed by atoms with Gasteiger partial charge < -0.3 is 4.74 Å². The van der Waals surface area contributed by atoms with Gasteiger partial charge in [0.05, 0.1) is 22.6 Å². The highest BCUT2D eigenvalue weighted by Crippen LogP contribution is 2.42. The average Bonchev–Trinajstić information content (AvgIpc) is 3.18. The number of esters is 1.